The summed E-state index contributed by atoms with van der Waals surface area (Å²) < 4.78 is 0. The second-order valence-corrected chi connectivity index (χ2v) is 4.11. The molecule has 0 saturated heterocycles. The number of aromatic nitrogens is 2. The fourth-order valence-corrected chi connectivity index (χ4v) is 2.07. The molecule has 2 heterocycles. The van der Waals surface area contributed by atoms with Crippen LogP contribution >= 0.6 is 11.3 Å². The number of thiazole rings is 1. The van der Waals surface area contributed by atoms with Crippen molar-refractivity contribution >= 4 is 11.3 Å². The van der Waals surface area contributed by atoms with Crippen LogP contribution in [0.5, 0.6) is 0 Å². The van der Waals surface area contributed by atoms with Gasteiger partial charge in [0.15, 0.2) is 0 Å². The quantitative estimate of drug-likeness (QED) is 0.602. The molecule has 15 heavy (non-hydrogen) atoms. The number of hydrogen-bond donors (Lipinski definition) is 2. The molecule has 0 saturated carbocycles. The van der Waals surface area contributed by atoms with Gasteiger partial charge < -0.3 is 0 Å². The van der Waals surface area contributed by atoms with E-state index in [1.807, 2.05) is 30.0 Å². The Labute approximate surface area is 92.2 Å². The third-order valence-corrected chi connectivity index (χ3v) is 3.05. The molecule has 1 unspecified atom stereocenters. The Hall–Kier alpha value is -1.30. The molecule has 5 heteroatoms. The van der Waals surface area contributed by atoms with Gasteiger partial charge >= 0.3 is 0 Å². The van der Waals surface area contributed by atoms with Crippen LogP contribution in [0.1, 0.15) is 16.5 Å². The van der Waals surface area contributed by atoms with Gasteiger partial charge in [-0.1, -0.05) is 6.07 Å². The van der Waals surface area contributed by atoms with Crippen molar-refractivity contribution in [1.29, 1.82) is 0 Å². The molecular weight excluding hydrogens is 208 g/mol. The lowest BCUT2D eigenvalue weighted by atomic mass is 10.1. The van der Waals surface area contributed by atoms with Crippen molar-refractivity contribution in [2.75, 3.05) is 0 Å². The van der Waals surface area contributed by atoms with E-state index in [2.05, 4.69) is 15.4 Å². The number of hydrazine groups is 1. The van der Waals surface area contributed by atoms with E-state index in [1.54, 1.807) is 17.5 Å². The normalized spacial score (nSPS) is 12.6. The third-order valence-electron chi connectivity index (χ3n) is 2.16. The summed E-state index contributed by atoms with van der Waals surface area (Å²) in [5.41, 5.74) is 5.76. The SMILES string of the molecule is NNC(Cc1cccnc1)c1cncs1. The number of nitrogens with zero attached hydrogens (tertiary/aromatic N) is 2. The first kappa shape index (κ1) is 10.2. The van der Waals surface area contributed by atoms with E-state index in [0.717, 1.165) is 16.9 Å². The lowest BCUT2D eigenvalue weighted by Crippen LogP contribution is -2.28. The predicted molar refractivity (Wildman–Crippen MR) is 60.1 cm³/mol. The molecule has 2 aromatic heterocycles. The lowest BCUT2D eigenvalue weighted by molar-refractivity contribution is 0.559. The van der Waals surface area contributed by atoms with Gasteiger partial charge in [0.25, 0.3) is 0 Å². The van der Waals surface area contributed by atoms with Gasteiger partial charge in [-0.15, -0.1) is 11.3 Å². The first-order valence-corrected chi connectivity index (χ1v) is 5.51. The van der Waals surface area contributed by atoms with Crippen molar-refractivity contribution in [3.05, 3.63) is 46.7 Å². The molecule has 0 amide bonds. The van der Waals surface area contributed by atoms with Crippen LogP contribution in [0, 0.1) is 0 Å². The highest BCUT2D eigenvalue weighted by Crippen LogP contribution is 2.20. The van der Waals surface area contributed by atoms with E-state index in [9.17, 15) is 0 Å². The fourth-order valence-electron chi connectivity index (χ4n) is 1.39. The molecule has 0 spiro atoms. The summed E-state index contributed by atoms with van der Waals surface area (Å²) in [7, 11) is 0. The maximum Gasteiger partial charge on any atom is 0.0794 e. The number of nitrogens with one attached hydrogen (secondary N) is 1. The van der Waals surface area contributed by atoms with Crippen molar-refractivity contribution in [1.82, 2.24) is 15.4 Å². The molecule has 0 aliphatic carbocycles. The molecule has 2 aromatic rings. The number of pyridine rings is 1. The monoisotopic (exact) mass is 220 g/mol. The Morgan fingerprint density at radius 2 is 2.33 bits per heavy atom. The van der Waals surface area contributed by atoms with Crippen LogP contribution in [0.3, 0.4) is 0 Å². The van der Waals surface area contributed by atoms with Crippen LogP contribution < -0.4 is 11.3 Å². The van der Waals surface area contributed by atoms with Crippen LogP contribution in [-0.2, 0) is 6.42 Å². The van der Waals surface area contributed by atoms with E-state index in [4.69, 9.17) is 5.84 Å². The summed E-state index contributed by atoms with van der Waals surface area (Å²) in [6.45, 7) is 0. The van der Waals surface area contributed by atoms with Crippen LogP contribution in [-0.4, -0.2) is 9.97 Å². The zero-order valence-corrected chi connectivity index (χ0v) is 8.95. The van der Waals surface area contributed by atoms with Crippen molar-refractivity contribution < 1.29 is 0 Å². The lowest BCUT2D eigenvalue weighted by Gasteiger charge is -2.13. The summed E-state index contributed by atoms with van der Waals surface area (Å²) in [6.07, 6.45) is 6.28. The van der Waals surface area contributed by atoms with Gasteiger partial charge in [0, 0.05) is 23.5 Å². The standard InChI is InChI=1S/C10H12N4S/c11-14-9(10-6-13-7-15-10)4-8-2-1-3-12-5-8/h1-3,5-7,9,14H,4,11H2. The molecule has 0 aliphatic rings. The van der Waals surface area contributed by atoms with Gasteiger partial charge in [0.05, 0.1) is 11.6 Å². The average Bonchev–Trinajstić information content (AvgIpc) is 2.81. The van der Waals surface area contributed by atoms with Crippen molar-refractivity contribution in [3.8, 4) is 0 Å². The van der Waals surface area contributed by atoms with Gasteiger partial charge in [-0.2, -0.15) is 0 Å². The number of nitrogens with two attached hydrogens (primary N) is 1. The molecule has 4 nitrogen and oxygen atoms in total. The Balaban J connectivity index is 2.10. The summed E-state index contributed by atoms with van der Waals surface area (Å²) in [5.74, 6) is 5.52. The Bertz CT molecular complexity index is 387. The largest absolute Gasteiger partial charge is 0.271 e. The van der Waals surface area contributed by atoms with E-state index in [1.165, 1.54) is 0 Å². The second-order valence-electron chi connectivity index (χ2n) is 3.19. The zero-order chi connectivity index (χ0) is 10.5. The molecule has 3 N–H and O–H groups in total. The molecule has 0 aromatic carbocycles. The zero-order valence-electron chi connectivity index (χ0n) is 8.13. The van der Waals surface area contributed by atoms with E-state index < -0.39 is 0 Å². The Morgan fingerprint density at radius 1 is 1.40 bits per heavy atom. The van der Waals surface area contributed by atoms with Crippen molar-refractivity contribution in [2.24, 2.45) is 5.84 Å². The minimum absolute atomic E-state index is 0.113. The topological polar surface area (TPSA) is 63.8 Å². The second kappa shape index (κ2) is 4.97. The molecule has 0 fully saturated rings. The molecule has 2 rings (SSSR count). The van der Waals surface area contributed by atoms with Gasteiger partial charge in [-0.05, 0) is 18.1 Å². The summed E-state index contributed by atoms with van der Waals surface area (Å²) in [4.78, 5) is 9.25. The van der Waals surface area contributed by atoms with Crippen molar-refractivity contribution in [2.45, 2.75) is 12.5 Å². The highest BCUT2D eigenvalue weighted by Gasteiger charge is 2.11. The molecule has 0 radical (unpaired) electrons. The van der Waals surface area contributed by atoms with Gasteiger partial charge in [-0.25, -0.2) is 0 Å². The first-order valence-electron chi connectivity index (χ1n) is 4.63. The Kier molecular flexibility index (Phi) is 3.39. The molecular formula is C10H12N4S. The average molecular weight is 220 g/mol. The van der Waals surface area contributed by atoms with Crippen molar-refractivity contribution in [3.63, 3.8) is 0 Å². The molecule has 78 valence electrons. The third kappa shape index (κ3) is 2.59. The van der Waals surface area contributed by atoms with E-state index in [0.29, 0.717) is 0 Å². The first-order chi connectivity index (χ1) is 7.40. The summed E-state index contributed by atoms with van der Waals surface area (Å²) in [6, 6.07) is 4.08. The van der Waals surface area contributed by atoms with Gasteiger partial charge in [0.1, 0.15) is 0 Å². The van der Waals surface area contributed by atoms with Crippen LogP contribution in [0.2, 0.25) is 0 Å². The number of rotatable bonds is 4. The number of hydrogen-bond acceptors (Lipinski definition) is 5. The van der Waals surface area contributed by atoms with E-state index in [-0.39, 0.29) is 6.04 Å². The van der Waals surface area contributed by atoms with Crippen LogP contribution in [0.4, 0.5) is 0 Å². The fraction of sp³-hybridized carbons (Fsp3) is 0.200. The summed E-state index contributed by atoms with van der Waals surface area (Å²) in [5, 5.41) is 0. The molecule has 1 atom stereocenters. The summed E-state index contributed by atoms with van der Waals surface area (Å²) >= 11 is 1.60. The minimum atomic E-state index is 0.113. The van der Waals surface area contributed by atoms with Crippen LogP contribution in [0.25, 0.3) is 0 Å². The van der Waals surface area contributed by atoms with Gasteiger partial charge in [0.2, 0.25) is 0 Å². The maximum atomic E-state index is 5.52. The predicted octanol–water partition coefficient (Wildman–Crippen LogP) is 1.29. The smallest absolute Gasteiger partial charge is 0.0794 e. The highest BCUT2D eigenvalue weighted by molar-refractivity contribution is 7.09. The van der Waals surface area contributed by atoms with Gasteiger partial charge in [-0.3, -0.25) is 21.2 Å². The Morgan fingerprint density at radius 3 is 2.93 bits per heavy atom. The minimum Gasteiger partial charge on any atom is -0.271 e. The molecule has 0 aliphatic heterocycles. The molecule has 0 bridgehead atoms. The van der Waals surface area contributed by atoms with E-state index >= 15 is 0 Å². The maximum absolute atomic E-state index is 5.52. The van der Waals surface area contributed by atoms with Crippen LogP contribution in [0.15, 0.2) is 36.2 Å². The highest BCUT2D eigenvalue weighted by atomic mass is 32.1.